The molecule has 0 aliphatic heterocycles. The molecular formula is C8H18INO3. The maximum atomic E-state index is 5.24. The van der Waals surface area contributed by atoms with Gasteiger partial charge in [-0.15, -0.1) is 0 Å². The Morgan fingerprint density at radius 1 is 0.769 bits per heavy atom. The zero-order valence-corrected chi connectivity index (χ0v) is 9.99. The lowest BCUT2D eigenvalue weighted by Crippen LogP contribution is -2.13. The smallest absolute Gasteiger partial charge is 0.0701 e. The third-order valence-electron chi connectivity index (χ3n) is 1.23. The summed E-state index contributed by atoms with van der Waals surface area (Å²) in [5, 5.41) is 0. The molecule has 0 radical (unpaired) electrons. The highest BCUT2D eigenvalue weighted by Crippen LogP contribution is 1.84. The second-order valence-corrected chi connectivity index (χ2v) is 3.39. The van der Waals surface area contributed by atoms with Gasteiger partial charge in [-0.1, -0.05) is 22.6 Å². The van der Waals surface area contributed by atoms with Gasteiger partial charge in [-0.25, -0.2) is 0 Å². The number of rotatable bonds is 10. The summed E-state index contributed by atoms with van der Waals surface area (Å²) < 4.78 is 16.6. The molecule has 0 saturated heterocycles. The van der Waals surface area contributed by atoms with Crippen LogP contribution < -0.4 is 5.73 Å². The molecule has 5 heteroatoms. The van der Waals surface area contributed by atoms with Gasteiger partial charge in [0, 0.05) is 11.0 Å². The fourth-order valence-corrected chi connectivity index (χ4v) is 0.991. The average molecular weight is 303 g/mol. The predicted molar refractivity (Wildman–Crippen MR) is 60.4 cm³/mol. The van der Waals surface area contributed by atoms with Gasteiger partial charge in [-0.3, -0.25) is 0 Å². The van der Waals surface area contributed by atoms with Crippen LogP contribution in [-0.4, -0.2) is 50.6 Å². The Hall–Kier alpha value is 0.570. The topological polar surface area (TPSA) is 53.7 Å². The standard InChI is InChI=1S/C8H18INO3/c9-1-3-11-5-7-13-8-6-12-4-2-10/h1-8,10H2. The minimum atomic E-state index is 0.568. The van der Waals surface area contributed by atoms with Gasteiger partial charge in [-0.2, -0.15) is 0 Å². The summed E-state index contributed by atoms with van der Waals surface area (Å²) in [6.07, 6.45) is 0. The van der Waals surface area contributed by atoms with E-state index < -0.39 is 0 Å². The van der Waals surface area contributed by atoms with Crippen molar-refractivity contribution in [3.05, 3.63) is 0 Å². The van der Waals surface area contributed by atoms with Gasteiger partial charge in [0.2, 0.25) is 0 Å². The van der Waals surface area contributed by atoms with Crippen LogP contribution in [0.3, 0.4) is 0 Å². The van der Waals surface area contributed by atoms with Crippen LogP contribution in [0.1, 0.15) is 0 Å². The summed E-state index contributed by atoms with van der Waals surface area (Å²) in [5.41, 5.74) is 5.24. The van der Waals surface area contributed by atoms with Gasteiger partial charge in [-0.05, 0) is 0 Å². The lowest BCUT2D eigenvalue weighted by molar-refractivity contribution is 0.0192. The Balaban J connectivity index is 2.76. The van der Waals surface area contributed by atoms with E-state index in [-0.39, 0.29) is 0 Å². The molecule has 0 aromatic carbocycles. The van der Waals surface area contributed by atoms with E-state index in [1.165, 1.54) is 0 Å². The lowest BCUT2D eigenvalue weighted by Gasteiger charge is -2.04. The molecule has 4 nitrogen and oxygen atoms in total. The van der Waals surface area contributed by atoms with Crippen molar-refractivity contribution >= 4 is 22.6 Å². The molecule has 0 rings (SSSR count). The van der Waals surface area contributed by atoms with Gasteiger partial charge in [0.1, 0.15) is 0 Å². The molecule has 0 heterocycles. The molecule has 0 aliphatic rings. The summed E-state index contributed by atoms with van der Waals surface area (Å²) in [6.45, 7) is 4.51. The molecule has 0 spiro atoms. The molecule has 13 heavy (non-hydrogen) atoms. The Morgan fingerprint density at radius 2 is 1.23 bits per heavy atom. The molecule has 0 amide bonds. The fourth-order valence-electron chi connectivity index (χ4n) is 0.680. The van der Waals surface area contributed by atoms with Crippen molar-refractivity contribution in [3.63, 3.8) is 0 Å². The molecule has 0 aromatic heterocycles. The number of alkyl halides is 1. The highest BCUT2D eigenvalue weighted by atomic mass is 127. The average Bonchev–Trinajstić information content (AvgIpc) is 2.16. The molecule has 0 aromatic rings. The van der Waals surface area contributed by atoms with E-state index in [0.717, 1.165) is 11.0 Å². The van der Waals surface area contributed by atoms with E-state index in [4.69, 9.17) is 19.9 Å². The maximum absolute atomic E-state index is 5.24. The molecule has 0 saturated carbocycles. The van der Waals surface area contributed by atoms with Crippen molar-refractivity contribution in [1.29, 1.82) is 0 Å². The van der Waals surface area contributed by atoms with Gasteiger partial charge < -0.3 is 19.9 Å². The summed E-state index contributed by atoms with van der Waals surface area (Å²) in [7, 11) is 0. The quantitative estimate of drug-likeness (QED) is 0.361. The van der Waals surface area contributed by atoms with E-state index in [9.17, 15) is 0 Å². The van der Waals surface area contributed by atoms with Crippen molar-refractivity contribution in [2.75, 3.05) is 50.6 Å². The van der Waals surface area contributed by atoms with E-state index >= 15 is 0 Å². The predicted octanol–water partition coefficient (Wildman–Crippen LogP) is 0.430. The second-order valence-electron chi connectivity index (χ2n) is 2.31. The first-order valence-electron chi connectivity index (χ1n) is 4.41. The van der Waals surface area contributed by atoms with Crippen molar-refractivity contribution in [1.82, 2.24) is 0 Å². The number of hydrogen-bond donors (Lipinski definition) is 1. The van der Waals surface area contributed by atoms with Crippen molar-refractivity contribution < 1.29 is 14.2 Å². The molecule has 0 atom stereocenters. The van der Waals surface area contributed by atoms with Gasteiger partial charge in [0.15, 0.2) is 0 Å². The minimum absolute atomic E-state index is 0.568. The largest absolute Gasteiger partial charge is 0.378 e. The summed E-state index contributed by atoms with van der Waals surface area (Å²) >= 11 is 2.27. The molecule has 0 bridgehead atoms. The van der Waals surface area contributed by atoms with Crippen molar-refractivity contribution in [2.45, 2.75) is 0 Å². The molecule has 0 fully saturated rings. The number of halogens is 1. The van der Waals surface area contributed by atoms with E-state index in [0.29, 0.717) is 39.6 Å². The Morgan fingerprint density at radius 3 is 1.69 bits per heavy atom. The first-order chi connectivity index (χ1) is 6.41. The summed E-state index contributed by atoms with van der Waals surface area (Å²) in [6, 6.07) is 0. The van der Waals surface area contributed by atoms with Crippen LogP contribution in [-0.2, 0) is 14.2 Å². The van der Waals surface area contributed by atoms with E-state index in [1.54, 1.807) is 0 Å². The highest BCUT2D eigenvalue weighted by molar-refractivity contribution is 14.1. The molecule has 80 valence electrons. The number of ether oxygens (including phenoxy) is 3. The molecule has 2 N–H and O–H groups in total. The van der Waals surface area contributed by atoms with Crippen molar-refractivity contribution in [2.24, 2.45) is 5.73 Å². The van der Waals surface area contributed by atoms with E-state index in [2.05, 4.69) is 22.6 Å². The van der Waals surface area contributed by atoms with Crippen LogP contribution in [0.25, 0.3) is 0 Å². The second kappa shape index (κ2) is 12.6. The first kappa shape index (κ1) is 13.6. The first-order valence-corrected chi connectivity index (χ1v) is 5.93. The van der Waals surface area contributed by atoms with Crippen LogP contribution in [0.5, 0.6) is 0 Å². The minimum Gasteiger partial charge on any atom is -0.378 e. The van der Waals surface area contributed by atoms with Crippen LogP contribution >= 0.6 is 22.6 Å². The number of nitrogens with two attached hydrogens (primary N) is 1. The van der Waals surface area contributed by atoms with Crippen molar-refractivity contribution in [3.8, 4) is 0 Å². The molecular weight excluding hydrogens is 285 g/mol. The van der Waals surface area contributed by atoms with Crippen LogP contribution in [0, 0.1) is 0 Å². The Bertz CT molecular complexity index is 85.5. The third-order valence-corrected chi connectivity index (χ3v) is 1.67. The lowest BCUT2D eigenvalue weighted by atomic mass is 10.7. The van der Waals surface area contributed by atoms with Gasteiger partial charge in [0.05, 0.1) is 39.6 Å². The Kier molecular flexibility index (Phi) is 13.1. The molecule has 0 aliphatic carbocycles. The number of hydrogen-bond acceptors (Lipinski definition) is 4. The monoisotopic (exact) mass is 303 g/mol. The van der Waals surface area contributed by atoms with Crippen LogP contribution in [0.4, 0.5) is 0 Å². The zero-order valence-electron chi connectivity index (χ0n) is 7.84. The normalized spacial score (nSPS) is 10.6. The Labute approximate surface area is 93.2 Å². The van der Waals surface area contributed by atoms with Gasteiger partial charge in [0.25, 0.3) is 0 Å². The zero-order chi connectivity index (χ0) is 9.78. The summed E-state index contributed by atoms with van der Waals surface area (Å²) in [5.74, 6) is 0. The summed E-state index contributed by atoms with van der Waals surface area (Å²) in [4.78, 5) is 0. The van der Waals surface area contributed by atoms with E-state index in [1.807, 2.05) is 0 Å². The SMILES string of the molecule is NCCOCCOCCOCCI. The fraction of sp³-hybridized carbons (Fsp3) is 1.00. The van der Waals surface area contributed by atoms with Gasteiger partial charge >= 0.3 is 0 Å². The maximum Gasteiger partial charge on any atom is 0.0701 e. The highest BCUT2D eigenvalue weighted by Gasteiger charge is 1.89. The van der Waals surface area contributed by atoms with Crippen LogP contribution in [0.2, 0.25) is 0 Å². The third kappa shape index (κ3) is 12.6. The molecule has 0 unspecified atom stereocenters. The van der Waals surface area contributed by atoms with Crippen LogP contribution in [0.15, 0.2) is 0 Å².